The van der Waals surface area contributed by atoms with Crippen molar-refractivity contribution in [2.75, 3.05) is 7.11 Å². The lowest BCUT2D eigenvalue weighted by Gasteiger charge is -2.07. The van der Waals surface area contributed by atoms with Crippen LogP contribution in [0.4, 0.5) is 0 Å². The number of methoxy groups -OCH3 is 1. The van der Waals surface area contributed by atoms with Crippen LogP contribution in [0.2, 0.25) is 0 Å². The molecule has 0 aliphatic heterocycles. The molecule has 0 unspecified atom stereocenters. The summed E-state index contributed by atoms with van der Waals surface area (Å²) in [6, 6.07) is 16.3. The highest BCUT2D eigenvalue weighted by Crippen LogP contribution is 2.23. The van der Waals surface area contributed by atoms with Crippen LogP contribution >= 0.6 is 0 Å². The molecule has 0 aliphatic carbocycles. The molecule has 110 valence electrons. The molecule has 0 saturated carbocycles. The number of aromatic nitrogens is 2. The fraction of sp³-hybridized carbons (Fsp3) is 0.111. The maximum atomic E-state index is 10.9. The number of benzene rings is 2. The lowest BCUT2D eigenvalue weighted by molar-refractivity contribution is 0.111. The second-order valence-corrected chi connectivity index (χ2v) is 4.99. The molecule has 4 nitrogen and oxygen atoms in total. The third-order valence-corrected chi connectivity index (χ3v) is 3.60. The van der Waals surface area contributed by atoms with E-state index in [1.165, 1.54) is 0 Å². The third-order valence-electron chi connectivity index (χ3n) is 3.60. The second-order valence-electron chi connectivity index (χ2n) is 4.99. The maximum absolute atomic E-state index is 10.9. The molecular formula is C18H16N2O2. The molecule has 0 saturated heterocycles. The monoisotopic (exact) mass is 292 g/mol. The molecule has 0 bridgehead atoms. The van der Waals surface area contributed by atoms with Crippen molar-refractivity contribution < 1.29 is 9.53 Å². The SMILES string of the molecule is COc1ccc(-c2ccc(Cn3cncc3C=O)cc2)cc1. The lowest BCUT2D eigenvalue weighted by atomic mass is 10.0. The molecule has 0 spiro atoms. The van der Waals surface area contributed by atoms with Crippen molar-refractivity contribution in [2.24, 2.45) is 0 Å². The molecule has 0 amide bonds. The average molecular weight is 292 g/mol. The van der Waals surface area contributed by atoms with Crippen molar-refractivity contribution in [3.05, 3.63) is 72.3 Å². The summed E-state index contributed by atoms with van der Waals surface area (Å²) in [5.41, 5.74) is 3.99. The first kappa shape index (κ1) is 14.1. The predicted molar refractivity (Wildman–Crippen MR) is 85.1 cm³/mol. The van der Waals surface area contributed by atoms with Gasteiger partial charge in [0.1, 0.15) is 11.4 Å². The van der Waals surface area contributed by atoms with Gasteiger partial charge in [0, 0.05) is 6.54 Å². The van der Waals surface area contributed by atoms with Crippen molar-refractivity contribution in [3.8, 4) is 16.9 Å². The summed E-state index contributed by atoms with van der Waals surface area (Å²) in [4.78, 5) is 14.9. The Morgan fingerprint density at radius 1 is 1.05 bits per heavy atom. The van der Waals surface area contributed by atoms with Crippen LogP contribution in [0, 0.1) is 0 Å². The van der Waals surface area contributed by atoms with Gasteiger partial charge in [-0.05, 0) is 28.8 Å². The first-order valence-electron chi connectivity index (χ1n) is 6.99. The van der Waals surface area contributed by atoms with Gasteiger partial charge in [-0.2, -0.15) is 0 Å². The molecular weight excluding hydrogens is 276 g/mol. The van der Waals surface area contributed by atoms with Gasteiger partial charge >= 0.3 is 0 Å². The zero-order valence-electron chi connectivity index (χ0n) is 12.3. The van der Waals surface area contributed by atoms with Crippen LogP contribution in [0.3, 0.4) is 0 Å². The second kappa shape index (κ2) is 6.26. The Labute approximate surface area is 129 Å². The lowest BCUT2D eigenvalue weighted by Crippen LogP contribution is -2.02. The van der Waals surface area contributed by atoms with Crippen LogP contribution in [0.15, 0.2) is 61.1 Å². The molecule has 22 heavy (non-hydrogen) atoms. The summed E-state index contributed by atoms with van der Waals surface area (Å²) in [6.45, 7) is 0.636. The van der Waals surface area contributed by atoms with Crippen molar-refractivity contribution in [1.29, 1.82) is 0 Å². The minimum Gasteiger partial charge on any atom is -0.497 e. The van der Waals surface area contributed by atoms with Crippen molar-refractivity contribution in [2.45, 2.75) is 6.54 Å². The van der Waals surface area contributed by atoms with Gasteiger partial charge in [0.15, 0.2) is 6.29 Å². The predicted octanol–water partition coefficient (Wildman–Crippen LogP) is 3.42. The number of imidazole rings is 1. The Kier molecular flexibility index (Phi) is 4.01. The van der Waals surface area contributed by atoms with E-state index in [4.69, 9.17) is 4.74 Å². The van der Waals surface area contributed by atoms with Crippen molar-refractivity contribution >= 4 is 6.29 Å². The summed E-state index contributed by atoms with van der Waals surface area (Å²) in [5, 5.41) is 0. The molecule has 0 N–H and O–H groups in total. The van der Waals surface area contributed by atoms with Gasteiger partial charge in [-0.1, -0.05) is 36.4 Å². The third kappa shape index (κ3) is 2.91. The topological polar surface area (TPSA) is 44.1 Å². The zero-order valence-corrected chi connectivity index (χ0v) is 12.3. The van der Waals surface area contributed by atoms with Gasteiger partial charge in [-0.3, -0.25) is 4.79 Å². The molecule has 3 aromatic rings. The largest absolute Gasteiger partial charge is 0.497 e. The summed E-state index contributed by atoms with van der Waals surface area (Å²) in [5.74, 6) is 0.849. The number of hydrogen-bond donors (Lipinski definition) is 0. The molecule has 0 radical (unpaired) electrons. The van der Waals surface area contributed by atoms with Gasteiger partial charge in [-0.15, -0.1) is 0 Å². The minimum absolute atomic E-state index is 0.583. The van der Waals surface area contributed by atoms with Gasteiger partial charge < -0.3 is 9.30 Å². The van der Waals surface area contributed by atoms with E-state index >= 15 is 0 Å². The normalized spacial score (nSPS) is 10.4. The standard InChI is InChI=1S/C18H16N2O2/c1-22-18-8-6-16(7-9-18)15-4-2-14(3-5-15)11-20-13-19-10-17(20)12-21/h2-10,12-13H,11H2,1H3. The smallest absolute Gasteiger partial charge is 0.168 e. The van der Waals surface area contributed by atoms with E-state index in [0.717, 1.165) is 28.7 Å². The fourth-order valence-electron chi connectivity index (χ4n) is 2.34. The molecule has 4 heteroatoms. The number of carbonyl (C=O) groups is 1. The summed E-state index contributed by atoms with van der Waals surface area (Å²) in [7, 11) is 1.66. The number of hydrogen-bond acceptors (Lipinski definition) is 3. The van der Waals surface area contributed by atoms with Gasteiger partial charge in [0.2, 0.25) is 0 Å². The first-order chi connectivity index (χ1) is 10.8. The van der Waals surface area contributed by atoms with E-state index in [9.17, 15) is 4.79 Å². The highest BCUT2D eigenvalue weighted by Gasteiger charge is 2.03. The maximum Gasteiger partial charge on any atom is 0.168 e. The Morgan fingerprint density at radius 2 is 1.68 bits per heavy atom. The Hall–Kier alpha value is -2.88. The quantitative estimate of drug-likeness (QED) is 0.677. The summed E-state index contributed by atoms with van der Waals surface area (Å²) in [6.07, 6.45) is 4.05. The minimum atomic E-state index is 0.583. The fourth-order valence-corrected chi connectivity index (χ4v) is 2.34. The summed E-state index contributed by atoms with van der Waals surface area (Å²) >= 11 is 0. The summed E-state index contributed by atoms with van der Waals surface area (Å²) < 4.78 is 7.00. The zero-order chi connectivity index (χ0) is 15.4. The van der Waals surface area contributed by atoms with Crippen LogP contribution in [0.5, 0.6) is 5.75 Å². The van der Waals surface area contributed by atoms with Crippen molar-refractivity contribution in [1.82, 2.24) is 9.55 Å². The molecule has 0 aliphatic rings. The van der Waals surface area contributed by atoms with E-state index in [1.807, 2.05) is 28.8 Å². The Balaban J connectivity index is 1.78. The van der Waals surface area contributed by atoms with Crippen LogP contribution in [-0.2, 0) is 6.54 Å². The highest BCUT2D eigenvalue weighted by molar-refractivity contribution is 5.71. The van der Waals surface area contributed by atoms with Crippen LogP contribution < -0.4 is 4.74 Å². The number of aldehydes is 1. The van der Waals surface area contributed by atoms with E-state index in [1.54, 1.807) is 19.6 Å². The molecule has 1 aromatic heterocycles. The van der Waals surface area contributed by atoms with Crippen LogP contribution in [-0.4, -0.2) is 22.9 Å². The van der Waals surface area contributed by atoms with E-state index in [2.05, 4.69) is 29.2 Å². The number of rotatable bonds is 5. The van der Waals surface area contributed by atoms with E-state index in [0.29, 0.717) is 12.2 Å². The molecule has 3 rings (SSSR count). The van der Waals surface area contributed by atoms with Crippen molar-refractivity contribution in [3.63, 3.8) is 0 Å². The van der Waals surface area contributed by atoms with E-state index in [-0.39, 0.29) is 0 Å². The van der Waals surface area contributed by atoms with Gasteiger partial charge in [0.25, 0.3) is 0 Å². The number of nitrogens with zero attached hydrogens (tertiary/aromatic N) is 2. The van der Waals surface area contributed by atoms with Gasteiger partial charge in [-0.25, -0.2) is 4.98 Å². The Bertz CT molecular complexity index is 759. The van der Waals surface area contributed by atoms with Gasteiger partial charge in [0.05, 0.1) is 19.6 Å². The van der Waals surface area contributed by atoms with Crippen LogP contribution in [0.25, 0.3) is 11.1 Å². The molecule has 1 heterocycles. The van der Waals surface area contributed by atoms with E-state index < -0.39 is 0 Å². The number of ether oxygens (including phenoxy) is 1. The molecule has 0 atom stereocenters. The molecule has 0 fully saturated rings. The average Bonchev–Trinajstić information content (AvgIpc) is 3.03. The highest BCUT2D eigenvalue weighted by atomic mass is 16.5. The van der Waals surface area contributed by atoms with Crippen LogP contribution in [0.1, 0.15) is 16.1 Å². The number of carbonyl (C=O) groups excluding carboxylic acids is 1. The first-order valence-corrected chi connectivity index (χ1v) is 6.99. The Morgan fingerprint density at radius 3 is 2.27 bits per heavy atom. The molecule has 2 aromatic carbocycles.